The van der Waals surface area contributed by atoms with Crippen LogP contribution < -0.4 is 25.6 Å². The molecular weight excluding hydrogens is 479 g/mol. The molecule has 0 unspecified atom stereocenters. The molecule has 3 rings (SSSR count). The summed E-state index contributed by atoms with van der Waals surface area (Å²) >= 11 is 5.72. The van der Waals surface area contributed by atoms with E-state index in [4.69, 9.17) is 16.3 Å². The van der Waals surface area contributed by atoms with Crippen LogP contribution in [0.4, 0.5) is 15.8 Å². The van der Waals surface area contributed by atoms with E-state index in [9.17, 15) is 27.2 Å². The quantitative estimate of drug-likeness (QED) is 0.457. The summed E-state index contributed by atoms with van der Waals surface area (Å²) in [5.74, 6) is -1.06. The molecule has 0 bridgehead atoms. The van der Waals surface area contributed by atoms with Crippen LogP contribution in [0.5, 0.6) is 5.75 Å². The molecule has 0 aliphatic carbocycles. The number of H-pyrrole nitrogens is 2. The first-order valence-electron chi connectivity index (χ1n) is 9.28. The zero-order valence-corrected chi connectivity index (χ0v) is 18.9. The second-order valence-electron chi connectivity index (χ2n) is 6.75. The molecule has 0 aliphatic heterocycles. The van der Waals surface area contributed by atoms with Crippen molar-refractivity contribution < 1.29 is 22.3 Å². The highest BCUT2D eigenvalue weighted by Gasteiger charge is 2.32. The minimum absolute atomic E-state index is 0.0492. The molecule has 3 N–H and O–H groups in total. The van der Waals surface area contributed by atoms with Crippen LogP contribution in [0, 0.1) is 12.7 Å². The number of aromatic nitrogens is 2. The Kier molecular flexibility index (Phi) is 6.89. The number of ether oxygens (including phenoxy) is 1. The number of hydrogen-bond acceptors (Lipinski definition) is 6. The molecule has 33 heavy (non-hydrogen) atoms. The highest BCUT2D eigenvalue weighted by molar-refractivity contribution is 7.92. The van der Waals surface area contributed by atoms with E-state index in [0.717, 1.165) is 12.1 Å². The predicted molar refractivity (Wildman–Crippen MR) is 120 cm³/mol. The molecule has 3 aromatic rings. The maximum Gasteiger partial charge on any atom is 0.325 e. The lowest BCUT2D eigenvalue weighted by atomic mass is 10.3. The molecule has 0 saturated heterocycles. The standard InChI is InChI=1S/C20H18ClFN4O6S/c1-11-18(19(28)25-20(29)23-11)33(30,31)26(13-4-6-14(32-2)7-5-13)10-17(27)24-12-3-8-16(22)15(21)9-12/h3-9H,10H2,1-2H3,(H,24,27)(H2,23,25,28,29). The summed E-state index contributed by atoms with van der Waals surface area (Å²) in [7, 11) is -3.20. The van der Waals surface area contributed by atoms with Crippen LogP contribution in [0.25, 0.3) is 0 Å². The van der Waals surface area contributed by atoms with Gasteiger partial charge in [-0.3, -0.25) is 18.9 Å². The van der Waals surface area contributed by atoms with Crippen LogP contribution in [0.1, 0.15) is 5.69 Å². The Morgan fingerprint density at radius 2 is 1.82 bits per heavy atom. The maximum atomic E-state index is 13.4. The molecule has 0 aliphatic rings. The van der Waals surface area contributed by atoms with Crippen molar-refractivity contribution in [1.29, 1.82) is 0 Å². The number of anilines is 2. The second-order valence-corrected chi connectivity index (χ2v) is 8.96. The molecule has 0 fully saturated rings. The summed E-state index contributed by atoms with van der Waals surface area (Å²) in [5.41, 5.74) is -2.03. The number of sulfonamides is 1. The molecule has 0 atom stereocenters. The van der Waals surface area contributed by atoms with E-state index in [1.165, 1.54) is 44.4 Å². The van der Waals surface area contributed by atoms with Gasteiger partial charge in [-0.1, -0.05) is 11.6 Å². The van der Waals surface area contributed by atoms with Crippen molar-refractivity contribution in [3.8, 4) is 5.75 Å². The number of aryl methyl sites for hydroxylation is 1. The van der Waals surface area contributed by atoms with E-state index < -0.39 is 44.4 Å². The molecule has 10 nitrogen and oxygen atoms in total. The fourth-order valence-corrected chi connectivity index (χ4v) is 4.79. The molecule has 1 amide bonds. The summed E-state index contributed by atoms with van der Waals surface area (Å²) in [5, 5.41) is 2.20. The molecule has 0 radical (unpaired) electrons. The highest BCUT2D eigenvalue weighted by atomic mass is 35.5. The van der Waals surface area contributed by atoms with Gasteiger partial charge in [-0.2, -0.15) is 0 Å². The minimum atomic E-state index is -4.62. The summed E-state index contributed by atoms with van der Waals surface area (Å²) in [4.78, 5) is 39.9. The number of amides is 1. The fraction of sp³-hybridized carbons (Fsp3) is 0.150. The predicted octanol–water partition coefficient (Wildman–Crippen LogP) is 2.01. The van der Waals surface area contributed by atoms with Crippen molar-refractivity contribution in [3.63, 3.8) is 0 Å². The Labute approximate surface area is 192 Å². The summed E-state index contributed by atoms with van der Waals surface area (Å²) in [6, 6.07) is 9.17. The van der Waals surface area contributed by atoms with E-state index in [-0.39, 0.29) is 22.1 Å². The number of nitrogens with one attached hydrogen (secondary N) is 3. The van der Waals surface area contributed by atoms with Crippen molar-refractivity contribution in [3.05, 3.63) is 79.8 Å². The van der Waals surface area contributed by atoms with Gasteiger partial charge in [0, 0.05) is 11.4 Å². The zero-order valence-electron chi connectivity index (χ0n) is 17.3. The molecule has 174 valence electrons. The average molecular weight is 497 g/mol. The van der Waals surface area contributed by atoms with Gasteiger partial charge in [0.05, 0.1) is 17.8 Å². The molecule has 0 spiro atoms. The molecule has 13 heteroatoms. The van der Waals surface area contributed by atoms with Gasteiger partial charge in [-0.15, -0.1) is 0 Å². The van der Waals surface area contributed by atoms with Crippen molar-refractivity contribution in [2.75, 3.05) is 23.3 Å². The van der Waals surface area contributed by atoms with Crippen molar-refractivity contribution in [2.24, 2.45) is 0 Å². The Morgan fingerprint density at radius 1 is 1.15 bits per heavy atom. The lowest BCUT2D eigenvalue weighted by Gasteiger charge is -2.24. The molecule has 1 heterocycles. The van der Waals surface area contributed by atoms with E-state index in [0.29, 0.717) is 10.1 Å². The molecule has 0 saturated carbocycles. The third-order valence-corrected chi connectivity index (χ3v) is 6.69. The normalized spacial score (nSPS) is 11.2. The van der Waals surface area contributed by atoms with Crippen LogP contribution >= 0.6 is 11.6 Å². The van der Waals surface area contributed by atoms with Gasteiger partial charge in [0.1, 0.15) is 18.1 Å². The average Bonchev–Trinajstić information content (AvgIpc) is 2.73. The number of hydrogen-bond donors (Lipinski definition) is 3. The first kappa shape index (κ1) is 24.0. The van der Waals surface area contributed by atoms with Crippen molar-refractivity contribution in [1.82, 2.24) is 9.97 Å². The minimum Gasteiger partial charge on any atom is -0.497 e. The number of aromatic amines is 2. The number of methoxy groups -OCH3 is 1. The lowest BCUT2D eigenvalue weighted by molar-refractivity contribution is -0.114. The first-order valence-corrected chi connectivity index (χ1v) is 11.1. The third-order valence-electron chi connectivity index (χ3n) is 4.47. The SMILES string of the molecule is COc1ccc(N(CC(=O)Nc2ccc(F)c(Cl)c2)S(=O)(=O)c2c(C)[nH]c(=O)[nH]c2=O)cc1. The fourth-order valence-electron chi connectivity index (χ4n) is 2.98. The van der Waals surface area contributed by atoms with Gasteiger partial charge in [-0.25, -0.2) is 17.6 Å². The van der Waals surface area contributed by atoms with Crippen LogP contribution in [0.3, 0.4) is 0 Å². The van der Waals surface area contributed by atoms with Crippen LogP contribution in [-0.4, -0.2) is 37.9 Å². The molecule has 1 aromatic heterocycles. The summed E-state index contributed by atoms with van der Waals surface area (Å²) in [6.07, 6.45) is 0. The van der Waals surface area contributed by atoms with E-state index in [1.807, 2.05) is 4.98 Å². The monoisotopic (exact) mass is 496 g/mol. The number of nitrogens with zero attached hydrogens (tertiary/aromatic N) is 1. The van der Waals surface area contributed by atoms with Gasteiger partial charge < -0.3 is 15.0 Å². The topological polar surface area (TPSA) is 141 Å². The first-order chi connectivity index (χ1) is 15.5. The number of halogens is 2. The van der Waals surface area contributed by atoms with Crippen LogP contribution in [-0.2, 0) is 14.8 Å². The second kappa shape index (κ2) is 9.46. The summed E-state index contributed by atoms with van der Waals surface area (Å²) in [6.45, 7) is 0.498. The number of carbonyl (C=O) groups excluding carboxylic acids is 1. The van der Waals surface area contributed by atoms with Gasteiger partial charge in [0.25, 0.3) is 15.6 Å². The van der Waals surface area contributed by atoms with Gasteiger partial charge in [-0.05, 0) is 49.4 Å². The van der Waals surface area contributed by atoms with Gasteiger partial charge >= 0.3 is 5.69 Å². The summed E-state index contributed by atoms with van der Waals surface area (Å²) < 4.78 is 46.0. The maximum absolute atomic E-state index is 13.4. The Bertz CT molecular complexity index is 1420. The number of carbonyl (C=O) groups is 1. The largest absolute Gasteiger partial charge is 0.497 e. The van der Waals surface area contributed by atoms with Gasteiger partial charge in [0.2, 0.25) is 5.91 Å². The Balaban J connectivity index is 2.04. The molecular formula is C20H18ClFN4O6S. The van der Waals surface area contributed by atoms with Crippen LogP contribution in [0.2, 0.25) is 5.02 Å². The molecule has 2 aromatic carbocycles. The number of benzene rings is 2. The van der Waals surface area contributed by atoms with E-state index in [2.05, 4.69) is 10.3 Å². The highest BCUT2D eigenvalue weighted by Crippen LogP contribution is 2.26. The Hall–Kier alpha value is -3.64. The Morgan fingerprint density at radius 3 is 2.39 bits per heavy atom. The van der Waals surface area contributed by atoms with Crippen molar-refractivity contribution >= 4 is 38.9 Å². The van der Waals surface area contributed by atoms with Crippen molar-refractivity contribution in [2.45, 2.75) is 11.8 Å². The van der Waals surface area contributed by atoms with Crippen LogP contribution in [0.15, 0.2) is 56.9 Å². The number of rotatable bonds is 7. The lowest BCUT2D eigenvalue weighted by Crippen LogP contribution is -2.42. The van der Waals surface area contributed by atoms with E-state index in [1.54, 1.807) is 0 Å². The smallest absolute Gasteiger partial charge is 0.325 e. The third kappa shape index (κ3) is 5.23. The van der Waals surface area contributed by atoms with Gasteiger partial charge in [0.15, 0.2) is 4.90 Å². The zero-order chi connectivity index (χ0) is 24.3. The van der Waals surface area contributed by atoms with E-state index >= 15 is 0 Å².